The zero-order chi connectivity index (χ0) is 17.1. The van der Waals surface area contributed by atoms with Crippen LogP contribution in [0.15, 0.2) is 30.6 Å². The summed E-state index contributed by atoms with van der Waals surface area (Å²) in [7, 11) is 0. The van der Waals surface area contributed by atoms with Crippen LogP contribution in [0.25, 0.3) is 0 Å². The lowest BCUT2D eigenvalue weighted by Crippen LogP contribution is -2.40. The maximum atomic E-state index is 13.8. The summed E-state index contributed by atoms with van der Waals surface area (Å²) >= 11 is 6.01. The van der Waals surface area contributed by atoms with Crippen LogP contribution in [-0.4, -0.2) is 33.4 Å². The number of nitrogens with zero attached hydrogens (tertiary/aromatic N) is 3. The van der Waals surface area contributed by atoms with E-state index in [9.17, 15) is 9.18 Å². The molecule has 128 valence electrons. The highest BCUT2D eigenvalue weighted by Gasteiger charge is 2.24. The van der Waals surface area contributed by atoms with Gasteiger partial charge in [0.1, 0.15) is 11.6 Å². The summed E-state index contributed by atoms with van der Waals surface area (Å²) in [4.78, 5) is 18.5. The average Bonchev–Trinajstić information content (AvgIpc) is 2.97. The number of hydrogen-bond acceptors (Lipinski definition) is 2. The second kappa shape index (κ2) is 7.34. The minimum absolute atomic E-state index is 0.0246. The van der Waals surface area contributed by atoms with Crippen LogP contribution in [-0.2, 0) is 17.8 Å². The molecule has 2 aromatic rings. The Bertz CT molecular complexity index is 703. The van der Waals surface area contributed by atoms with Crippen molar-refractivity contribution in [3.63, 3.8) is 0 Å². The molecular weight excluding hydrogens is 329 g/mol. The summed E-state index contributed by atoms with van der Waals surface area (Å²) in [6.07, 6.45) is 5.73. The van der Waals surface area contributed by atoms with Gasteiger partial charge in [0.2, 0.25) is 5.91 Å². The van der Waals surface area contributed by atoms with Gasteiger partial charge in [0.05, 0.1) is 6.42 Å². The molecule has 0 aliphatic carbocycles. The van der Waals surface area contributed by atoms with Crippen LogP contribution in [0.1, 0.15) is 24.2 Å². The lowest BCUT2D eigenvalue weighted by atomic mass is 9.96. The number of aromatic nitrogens is 2. The van der Waals surface area contributed by atoms with E-state index in [0.717, 1.165) is 25.2 Å². The van der Waals surface area contributed by atoms with E-state index >= 15 is 0 Å². The van der Waals surface area contributed by atoms with Crippen molar-refractivity contribution in [3.8, 4) is 0 Å². The molecule has 1 aromatic carbocycles. The summed E-state index contributed by atoms with van der Waals surface area (Å²) in [6, 6.07) is 4.51. The van der Waals surface area contributed by atoms with E-state index in [4.69, 9.17) is 11.6 Å². The topological polar surface area (TPSA) is 38.1 Å². The molecule has 6 heteroatoms. The number of amides is 1. The highest BCUT2D eigenvalue weighted by Crippen LogP contribution is 2.23. The molecule has 1 fully saturated rings. The molecule has 0 N–H and O–H groups in total. The number of piperidine rings is 1. The third-order valence-electron chi connectivity index (χ3n) is 4.74. The number of imidazole rings is 1. The van der Waals surface area contributed by atoms with Crippen molar-refractivity contribution >= 4 is 17.5 Å². The monoisotopic (exact) mass is 349 g/mol. The summed E-state index contributed by atoms with van der Waals surface area (Å²) in [6.45, 7) is 4.36. The minimum atomic E-state index is -0.415. The van der Waals surface area contributed by atoms with E-state index in [1.165, 1.54) is 6.07 Å². The number of aryl methyl sites for hydroxylation is 1. The van der Waals surface area contributed by atoms with Crippen molar-refractivity contribution in [2.24, 2.45) is 5.92 Å². The molecule has 3 rings (SSSR count). The molecule has 0 unspecified atom stereocenters. The van der Waals surface area contributed by atoms with Crippen molar-refractivity contribution < 1.29 is 9.18 Å². The fraction of sp³-hybridized carbons (Fsp3) is 0.444. The van der Waals surface area contributed by atoms with E-state index in [1.807, 2.05) is 24.2 Å². The lowest BCUT2D eigenvalue weighted by Gasteiger charge is -2.32. The predicted octanol–water partition coefficient (Wildman–Crippen LogP) is 3.47. The standard InChI is InChI=1S/C18H21ClFN3O/c1-13-21-7-10-23(13)12-14-5-8-22(9-6-14)18(24)11-15-16(19)3-2-4-17(15)20/h2-4,7,10,14H,5-6,8-9,11-12H2,1H3. The van der Waals surface area contributed by atoms with Gasteiger partial charge in [0, 0.05) is 42.6 Å². The van der Waals surface area contributed by atoms with Gasteiger partial charge in [0.15, 0.2) is 0 Å². The van der Waals surface area contributed by atoms with Gasteiger partial charge in [0.25, 0.3) is 0 Å². The average molecular weight is 350 g/mol. The second-order valence-electron chi connectivity index (χ2n) is 6.33. The van der Waals surface area contributed by atoms with E-state index in [-0.39, 0.29) is 12.3 Å². The third-order valence-corrected chi connectivity index (χ3v) is 5.09. The Labute approximate surface area is 146 Å². The quantitative estimate of drug-likeness (QED) is 0.847. The first-order valence-electron chi connectivity index (χ1n) is 8.23. The molecule has 4 nitrogen and oxygen atoms in total. The summed E-state index contributed by atoms with van der Waals surface area (Å²) in [5.74, 6) is 1.09. The van der Waals surface area contributed by atoms with Crippen molar-refractivity contribution in [1.29, 1.82) is 0 Å². The highest BCUT2D eigenvalue weighted by atomic mass is 35.5. The van der Waals surface area contributed by atoms with Crippen LogP contribution < -0.4 is 0 Å². The van der Waals surface area contributed by atoms with Gasteiger partial charge in [-0.2, -0.15) is 0 Å². The fourth-order valence-corrected chi connectivity index (χ4v) is 3.43. The molecule has 0 saturated carbocycles. The summed E-state index contributed by atoms with van der Waals surface area (Å²) in [5.41, 5.74) is 0.292. The normalized spacial score (nSPS) is 15.7. The molecule has 24 heavy (non-hydrogen) atoms. The van der Waals surface area contributed by atoms with Gasteiger partial charge in [-0.05, 0) is 37.8 Å². The Hall–Kier alpha value is -1.88. The molecule has 1 amide bonds. The molecule has 0 spiro atoms. The Morgan fingerprint density at radius 2 is 2.12 bits per heavy atom. The Balaban J connectivity index is 1.54. The van der Waals surface area contributed by atoms with Gasteiger partial charge in [-0.1, -0.05) is 17.7 Å². The van der Waals surface area contributed by atoms with Crippen molar-refractivity contribution in [1.82, 2.24) is 14.5 Å². The molecule has 2 heterocycles. The zero-order valence-electron chi connectivity index (χ0n) is 13.7. The van der Waals surface area contributed by atoms with Crippen LogP contribution >= 0.6 is 11.6 Å². The number of carbonyl (C=O) groups is 1. The molecular formula is C18H21ClFN3O. The highest BCUT2D eigenvalue weighted by molar-refractivity contribution is 6.31. The van der Waals surface area contributed by atoms with Gasteiger partial charge in [-0.3, -0.25) is 4.79 Å². The SMILES string of the molecule is Cc1nccn1CC1CCN(C(=O)Cc2c(F)cccc2Cl)CC1. The number of likely N-dealkylation sites (tertiary alicyclic amines) is 1. The number of carbonyl (C=O) groups excluding carboxylic acids is 1. The first kappa shape index (κ1) is 17.0. The zero-order valence-corrected chi connectivity index (χ0v) is 14.5. The molecule has 0 radical (unpaired) electrons. The number of benzene rings is 1. The van der Waals surface area contributed by atoms with Crippen molar-refractivity contribution in [3.05, 3.63) is 52.8 Å². The van der Waals surface area contributed by atoms with Gasteiger partial charge in [-0.15, -0.1) is 0 Å². The van der Waals surface area contributed by atoms with Crippen LogP contribution in [0.5, 0.6) is 0 Å². The maximum absolute atomic E-state index is 13.8. The van der Waals surface area contributed by atoms with E-state index in [0.29, 0.717) is 29.6 Å². The maximum Gasteiger partial charge on any atom is 0.227 e. The minimum Gasteiger partial charge on any atom is -0.342 e. The first-order valence-corrected chi connectivity index (χ1v) is 8.61. The van der Waals surface area contributed by atoms with Crippen molar-refractivity contribution in [2.45, 2.75) is 32.7 Å². The van der Waals surface area contributed by atoms with E-state index in [2.05, 4.69) is 9.55 Å². The molecule has 1 aliphatic rings. The smallest absolute Gasteiger partial charge is 0.227 e. The molecule has 0 bridgehead atoms. The lowest BCUT2D eigenvalue weighted by molar-refractivity contribution is -0.131. The predicted molar refractivity (Wildman–Crippen MR) is 91.4 cm³/mol. The second-order valence-corrected chi connectivity index (χ2v) is 6.74. The Morgan fingerprint density at radius 1 is 1.38 bits per heavy atom. The van der Waals surface area contributed by atoms with Crippen LogP contribution in [0.2, 0.25) is 5.02 Å². The van der Waals surface area contributed by atoms with Crippen LogP contribution in [0.4, 0.5) is 4.39 Å². The molecule has 1 aliphatic heterocycles. The van der Waals surface area contributed by atoms with Crippen LogP contribution in [0, 0.1) is 18.7 Å². The molecule has 0 atom stereocenters. The first-order chi connectivity index (χ1) is 11.5. The third kappa shape index (κ3) is 3.78. The van der Waals surface area contributed by atoms with E-state index in [1.54, 1.807) is 12.1 Å². The summed E-state index contributed by atoms with van der Waals surface area (Å²) < 4.78 is 16.0. The number of halogens is 2. The van der Waals surface area contributed by atoms with Gasteiger partial charge >= 0.3 is 0 Å². The largest absolute Gasteiger partial charge is 0.342 e. The van der Waals surface area contributed by atoms with E-state index < -0.39 is 5.82 Å². The number of rotatable bonds is 4. The van der Waals surface area contributed by atoms with Gasteiger partial charge < -0.3 is 9.47 Å². The van der Waals surface area contributed by atoms with Gasteiger partial charge in [-0.25, -0.2) is 9.37 Å². The molecule has 1 saturated heterocycles. The number of hydrogen-bond donors (Lipinski definition) is 0. The van der Waals surface area contributed by atoms with Crippen molar-refractivity contribution in [2.75, 3.05) is 13.1 Å². The summed E-state index contributed by atoms with van der Waals surface area (Å²) in [5, 5.41) is 0.314. The Morgan fingerprint density at radius 3 is 2.75 bits per heavy atom. The molecule has 1 aromatic heterocycles. The Kier molecular flexibility index (Phi) is 5.19. The fourth-order valence-electron chi connectivity index (χ4n) is 3.20. The van der Waals surface area contributed by atoms with Crippen LogP contribution in [0.3, 0.4) is 0 Å².